The molecule has 1 amide bonds. The zero-order chi connectivity index (χ0) is 16.8. The zero-order valence-electron chi connectivity index (χ0n) is 13.6. The number of sulfonamides is 1. The third-order valence-corrected chi connectivity index (χ3v) is 4.52. The Balaban J connectivity index is 2.73. The van der Waals surface area contributed by atoms with Gasteiger partial charge in [0.25, 0.3) is 5.91 Å². The van der Waals surface area contributed by atoms with Gasteiger partial charge >= 0.3 is 0 Å². The largest absolute Gasteiger partial charge is 0.352 e. The van der Waals surface area contributed by atoms with Crippen molar-refractivity contribution >= 4 is 15.9 Å². The molecule has 0 heterocycles. The van der Waals surface area contributed by atoms with Gasteiger partial charge in [-0.15, -0.1) is 0 Å². The van der Waals surface area contributed by atoms with Crippen molar-refractivity contribution in [2.45, 2.75) is 31.2 Å². The lowest BCUT2D eigenvalue weighted by atomic mass is 10.2. The maximum absolute atomic E-state index is 12.1. The Morgan fingerprint density at radius 2 is 1.95 bits per heavy atom. The Morgan fingerprint density at radius 3 is 2.55 bits per heavy atom. The molecular formula is C15H25N3O3S. The summed E-state index contributed by atoms with van der Waals surface area (Å²) in [7, 11) is 0.352. The summed E-state index contributed by atoms with van der Waals surface area (Å²) in [6.45, 7) is 4.93. The molecule has 0 aliphatic carbocycles. The molecule has 7 heteroatoms. The van der Waals surface area contributed by atoms with Crippen molar-refractivity contribution in [1.82, 2.24) is 14.9 Å². The van der Waals surface area contributed by atoms with E-state index in [0.717, 1.165) is 13.0 Å². The van der Waals surface area contributed by atoms with Gasteiger partial charge in [-0.3, -0.25) is 4.79 Å². The minimum atomic E-state index is -3.59. The van der Waals surface area contributed by atoms with E-state index in [1.165, 1.54) is 12.1 Å². The van der Waals surface area contributed by atoms with Gasteiger partial charge in [0, 0.05) is 18.2 Å². The van der Waals surface area contributed by atoms with Crippen LogP contribution in [-0.4, -0.2) is 52.5 Å². The monoisotopic (exact) mass is 327 g/mol. The van der Waals surface area contributed by atoms with Crippen LogP contribution < -0.4 is 10.0 Å². The maximum atomic E-state index is 12.1. The van der Waals surface area contributed by atoms with Crippen LogP contribution in [0, 0.1) is 0 Å². The fraction of sp³-hybridized carbons (Fsp3) is 0.533. The molecule has 0 radical (unpaired) electrons. The van der Waals surface area contributed by atoms with Crippen LogP contribution in [0.2, 0.25) is 0 Å². The molecule has 1 rings (SSSR count). The second kappa shape index (κ2) is 8.26. The summed E-state index contributed by atoms with van der Waals surface area (Å²) in [5.74, 6) is -0.264. The lowest BCUT2D eigenvalue weighted by molar-refractivity contribution is 0.0952. The predicted octanol–water partition coefficient (Wildman–Crippen LogP) is 1.05. The maximum Gasteiger partial charge on any atom is 0.251 e. The molecule has 124 valence electrons. The van der Waals surface area contributed by atoms with Gasteiger partial charge in [-0.05, 0) is 59.1 Å². The molecular weight excluding hydrogens is 302 g/mol. The van der Waals surface area contributed by atoms with Crippen LogP contribution in [0.1, 0.15) is 30.6 Å². The summed E-state index contributed by atoms with van der Waals surface area (Å²) in [6.07, 6.45) is 0.839. The number of hydrogen-bond acceptors (Lipinski definition) is 4. The van der Waals surface area contributed by atoms with Gasteiger partial charge in [-0.1, -0.05) is 6.07 Å². The Kier molecular flexibility index (Phi) is 6.99. The molecule has 0 aliphatic rings. The second-order valence-electron chi connectivity index (χ2n) is 5.72. The van der Waals surface area contributed by atoms with Crippen LogP contribution in [0.15, 0.2) is 29.2 Å². The predicted molar refractivity (Wildman–Crippen MR) is 87.4 cm³/mol. The van der Waals surface area contributed by atoms with Crippen LogP contribution in [0.25, 0.3) is 0 Å². The number of nitrogens with one attached hydrogen (secondary N) is 2. The lowest BCUT2D eigenvalue weighted by Gasteiger charge is -2.12. The standard InChI is InChI=1S/C15H25N3O3S/c1-12(2)17-22(20,21)14-8-5-7-13(11-14)15(19)16-9-6-10-18(3)4/h5,7-8,11-12,17H,6,9-10H2,1-4H3,(H,16,19). The number of carbonyl (C=O) groups excluding carboxylic acids is 1. The van der Waals surface area contributed by atoms with E-state index in [-0.39, 0.29) is 16.8 Å². The van der Waals surface area contributed by atoms with Gasteiger partial charge in [0.2, 0.25) is 10.0 Å². The van der Waals surface area contributed by atoms with Crippen molar-refractivity contribution in [2.75, 3.05) is 27.2 Å². The topological polar surface area (TPSA) is 78.5 Å². The van der Waals surface area contributed by atoms with E-state index in [0.29, 0.717) is 12.1 Å². The third-order valence-electron chi connectivity index (χ3n) is 2.87. The van der Waals surface area contributed by atoms with E-state index in [4.69, 9.17) is 0 Å². The molecule has 0 fully saturated rings. The number of nitrogens with zero attached hydrogens (tertiary/aromatic N) is 1. The molecule has 0 unspecified atom stereocenters. The van der Waals surface area contributed by atoms with Crippen LogP contribution in [0.4, 0.5) is 0 Å². The van der Waals surface area contributed by atoms with Crippen molar-refractivity contribution in [2.24, 2.45) is 0 Å². The van der Waals surface area contributed by atoms with Crippen LogP contribution in [0.3, 0.4) is 0 Å². The van der Waals surface area contributed by atoms with Gasteiger partial charge in [0.05, 0.1) is 4.90 Å². The summed E-state index contributed by atoms with van der Waals surface area (Å²) in [4.78, 5) is 14.2. The average molecular weight is 327 g/mol. The lowest BCUT2D eigenvalue weighted by Crippen LogP contribution is -2.31. The molecule has 0 spiro atoms. The Morgan fingerprint density at radius 1 is 1.27 bits per heavy atom. The highest BCUT2D eigenvalue weighted by Gasteiger charge is 2.17. The first-order valence-corrected chi connectivity index (χ1v) is 8.76. The summed E-state index contributed by atoms with van der Waals surface area (Å²) in [6, 6.07) is 5.85. The fourth-order valence-corrected chi connectivity index (χ4v) is 3.18. The Hall–Kier alpha value is -1.44. The first-order valence-electron chi connectivity index (χ1n) is 7.27. The molecule has 0 aromatic heterocycles. The van der Waals surface area contributed by atoms with Crippen molar-refractivity contribution in [3.05, 3.63) is 29.8 Å². The quantitative estimate of drug-likeness (QED) is 0.700. The number of rotatable bonds is 8. The summed E-state index contributed by atoms with van der Waals surface area (Å²) in [5.41, 5.74) is 0.344. The van der Waals surface area contributed by atoms with Gasteiger partial charge in [0.15, 0.2) is 0 Å². The van der Waals surface area contributed by atoms with Crippen LogP contribution in [-0.2, 0) is 10.0 Å². The van der Waals surface area contributed by atoms with E-state index in [1.54, 1.807) is 26.0 Å². The molecule has 22 heavy (non-hydrogen) atoms. The minimum Gasteiger partial charge on any atom is -0.352 e. The number of amides is 1. The molecule has 0 aliphatic heterocycles. The summed E-state index contributed by atoms with van der Waals surface area (Å²) >= 11 is 0. The summed E-state index contributed by atoms with van der Waals surface area (Å²) in [5, 5.41) is 2.79. The van der Waals surface area contributed by atoms with Crippen LogP contribution >= 0.6 is 0 Å². The molecule has 0 bridgehead atoms. The molecule has 0 saturated heterocycles. The normalized spacial score (nSPS) is 11.9. The number of carbonyl (C=O) groups is 1. The zero-order valence-corrected chi connectivity index (χ0v) is 14.4. The van der Waals surface area contributed by atoms with E-state index in [9.17, 15) is 13.2 Å². The van der Waals surface area contributed by atoms with Crippen molar-refractivity contribution in [3.63, 3.8) is 0 Å². The minimum absolute atomic E-state index is 0.0992. The SMILES string of the molecule is CC(C)NS(=O)(=O)c1cccc(C(=O)NCCCN(C)C)c1. The molecule has 0 saturated carbocycles. The molecule has 0 atom stereocenters. The fourth-order valence-electron chi connectivity index (χ4n) is 1.88. The highest BCUT2D eigenvalue weighted by atomic mass is 32.2. The molecule has 2 N–H and O–H groups in total. The van der Waals surface area contributed by atoms with Gasteiger partial charge < -0.3 is 10.2 Å². The van der Waals surface area contributed by atoms with E-state index >= 15 is 0 Å². The van der Waals surface area contributed by atoms with Crippen molar-refractivity contribution < 1.29 is 13.2 Å². The molecule has 1 aromatic rings. The number of hydrogen-bond donors (Lipinski definition) is 2. The smallest absolute Gasteiger partial charge is 0.251 e. The first-order chi connectivity index (χ1) is 10.2. The van der Waals surface area contributed by atoms with E-state index < -0.39 is 10.0 Å². The first kappa shape index (κ1) is 18.6. The average Bonchev–Trinajstić information content (AvgIpc) is 2.42. The Labute approximate surface area is 132 Å². The third kappa shape index (κ3) is 6.13. The highest BCUT2D eigenvalue weighted by molar-refractivity contribution is 7.89. The van der Waals surface area contributed by atoms with Gasteiger partial charge in [-0.2, -0.15) is 0 Å². The highest BCUT2D eigenvalue weighted by Crippen LogP contribution is 2.12. The summed E-state index contributed by atoms with van der Waals surface area (Å²) < 4.78 is 26.7. The number of benzene rings is 1. The van der Waals surface area contributed by atoms with Crippen molar-refractivity contribution in [3.8, 4) is 0 Å². The van der Waals surface area contributed by atoms with Gasteiger partial charge in [-0.25, -0.2) is 13.1 Å². The van der Waals surface area contributed by atoms with Crippen molar-refractivity contribution in [1.29, 1.82) is 0 Å². The van der Waals surface area contributed by atoms with Gasteiger partial charge in [0.1, 0.15) is 0 Å². The van der Waals surface area contributed by atoms with E-state index in [2.05, 4.69) is 10.0 Å². The second-order valence-corrected chi connectivity index (χ2v) is 7.43. The van der Waals surface area contributed by atoms with E-state index in [1.807, 2.05) is 19.0 Å². The van der Waals surface area contributed by atoms with Crippen LogP contribution in [0.5, 0.6) is 0 Å². The Bertz CT molecular complexity index is 598. The molecule has 6 nitrogen and oxygen atoms in total. The molecule has 1 aromatic carbocycles.